The van der Waals surface area contributed by atoms with E-state index < -0.39 is 17.8 Å². The minimum absolute atomic E-state index is 0.297. The minimum Gasteiger partial charge on any atom is -0.494 e. The molecule has 2 aromatic heterocycles. The van der Waals surface area contributed by atoms with Gasteiger partial charge in [0, 0.05) is 36.3 Å². The molecule has 2 saturated heterocycles. The summed E-state index contributed by atoms with van der Waals surface area (Å²) >= 11 is 0. The second kappa shape index (κ2) is 13.6. The Morgan fingerprint density at radius 2 is 1.78 bits per heavy atom. The summed E-state index contributed by atoms with van der Waals surface area (Å²) in [6.07, 6.45) is 6.87. The van der Waals surface area contributed by atoms with Crippen molar-refractivity contribution in [2.75, 3.05) is 52.2 Å². The number of rotatable bonds is 8. The molecule has 12 heteroatoms. The fourth-order valence-electron chi connectivity index (χ4n) is 7.44. The van der Waals surface area contributed by atoms with Crippen LogP contribution in [0.4, 0.5) is 18.9 Å². The lowest BCUT2D eigenvalue weighted by molar-refractivity contribution is -0.141. The fourth-order valence-corrected chi connectivity index (χ4v) is 7.44. The van der Waals surface area contributed by atoms with Gasteiger partial charge in [-0.3, -0.25) is 9.48 Å². The van der Waals surface area contributed by atoms with Gasteiger partial charge in [-0.25, -0.2) is 4.98 Å². The molecule has 45 heavy (non-hydrogen) atoms. The zero-order valence-electron chi connectivity index (χ0n) is 26.2. The van der Waals surface area contributed by atoms with Crippen LogP contribution in [0.1, 0.15) is 73.6 Å². The van der Waals surface area contributed by atoms with Gasteiger partial charge in [-0.15, -0.1) is 0 Å². The molecule has 1 amide bonds. The minimum atomic E-state index is -4.64. The molecule has 6 rings (SSSR count). The fraction of sp³-hybridized carbons (Fsp3) is 0.606. The number of hydrogen-bond donors (Lipinski definition) is 2. The van der Waals surface area contributed by atoms with Crippen molar-refractivity contribution < 1.29 is 22.7 Å². The molecule has 0 spiro atoms. The van der Waals surface area contributed by atoms with E-state index in [-0.39, 0.29) is 5.69 Å². The Kier molecular flexibility index (Phi) is 9.62. The Labute approximate surface area is 262 Å². The Balaban J connectivity index is 1.03. The second-order valence-corrected chi connectivity index (χ2v) is 12.9. The number of fused-ring (bicyclic) bond motifs is 1. The largest absolute Gasteiger partial charge is 0.494 e. The normalized spacial score (nSPS) is 22.6. The van der Waals surface area contributed by atoms with Crippen molar-refractivity contribution in [1.82, 2.24) is 29.9 Å². The highest BCUT2D eigenvalue weighted by atomic mass is 19.4. The molecule has 1 saturated carbocycles. The summed E-state index contributed by atoms with van der Waals surface area (Å²) in [5, 5.41) is 11.8. The van der Waals surface area contributed by atoms with Crippen molar-refractivity contribution in [3.63, 3.8) is 0 Å². The number of halogens is 3. The average molecular weight is 628 g/mol. The first-order chi connectivity index (χ1) is 21.7. The van der Waals surface area contributed by atoms with Crippen LogP contribution in [0, 0.1) is 5.92 Å². The molecule has 0 radical (unpaired) electrons. The Bertz CT molecular complexity index is 1460. The number of amides is 1. The topological polar surface area (TPSA) is 87.5 Å². The number of pyridine rings is 1. The summed E-state index contributed by atoms with van der Waals surface area (Å²) in [6, 6.07) is 8.49. The van der Waals surface area contributed by atoms with Crippen LogP contribution >= 0.6 is 0 Å². The Morgan fingerprint density at radius 3 is 2.47 bits per heavy atom. The molecule has 3 aliphatic rings. The van der Waals surface area contributed by atoms with Crippen LogP contribution in [0.25, 0.3) is 10.9 Å². The number of anilines is 1. The highest BCUT2D eigenvalue weighted by Gasteiger charge is 2.33. The van der Waals surface area contributed by atoms with Gasteiger partial charge in [0.05, 0.1) is 24.4 Å². The summed E-state index contributed by atoms with van der Waals surface area (Å²) in [5.74, 6) is 0.313. The molecule has 3 fully saturated rings. The molecule has 2 N–H and O–H groups in total. The van der Waals surface area contributed by atoms with E-state index in [4.69, 9.17) is 9.84 Å². The molecule has 4 heterocycles. The number of alkyl halides is 3. The number of nitrogens with zero attached hydrogens (tertiary/aromatic N) is 5. The lowest BCUT2D eigenvalue weighted by Crippen LogP contribution is -2.50. The first kappa shape index (κ1) is 31.7. The van der Waals surface area contributed by atoms with Crippen LogP contribution in [0.2, 0.25) is 0 Å². The smallest absolute Gasteiger partial charge is 0.433 e. The van der Waals surface area contributed by atoms with Gasteiger partial charge in [0.25, 0.3) is 5.91 Å². The quantitative estimate of drug-likeness (QED) is 0.337. The summed E-state index contributed by atoms with van der Waals surface area (Å²) < 4.78 is 46.8. The second-order valence-electron chi connectivity index (χ2n) is 12.9. The van der Waals surface area contributed by atoms with E-state index in [9.17, 15) is 18.0 Å². The van der Waals surface area contributed by atoms with Gasteiger partial charge in [-0.05, 0) is 109 Å². The van der Waals surface area contributed by atoms with E-state index >= 15 is 0 Å². The van der Waals surface area contributed by atoms with E-state index in [2.05, 4.69) is 32.5 Å². The van der Waals surface area contributed by atoms with Crippen molar-refractivity contribution in [2.45, 2.75) is 75.7 Å². The first-order valence-corrected chi connectivity index (χ1v) is 16.3. The van der Waals surface area contributed by atoms with Crippen LogP contribution in [0.3, 0.4) is 0 Å². The van der Waals surface area contributed by atoms with Crippen molar-refractivity contribution in [3.05, 3.63) is 47.9 Å². The van der Waals surface area contributed by atoms with Gasteiger partial charge in [0.1, 0.15) is 17.1 Å². The monoisotopic (exact) mass is 627 g/mol. The van der Waals surface area contributed by atoms with Crippen LogP contribution in [-0.4, -0.2) is 89.4 Å². The first-order valence-electron chi connectivity index (χ1n) is 16.3. The number of aromatic nitrogens is 3. The SMILES string of the molecule is COc1cc2nn([C@H]3CC[C@H](CN(C)C4CCN(C5CCNCC5)CC4)CC3)cc2cc1NC(=O)c1cccc(C(F)(F)F)n1. The number of likely N-dealkylation sites (tertiary alicyclic amines) is 1. The van der Waals surface area contributed by atoms with E-state index in [1.807, 2.05) is 10.9 Å². The summed E-state index contributed by atoms with van der Waals surface area (Å²) in [7, 11) is 3.79. The van der Waals surface area contributed by atoms with Gasteiger partial charge >= 0.3 is 6.18 Å². The van der Waals surface area contributed by atoms with Crippen LogP contribution in [0.5, 0.6) is 5.75 Å². The van der Waals surface area contributed by atoms with E-state index in [1.54, 1.807) is 12.1 Å². The zero-order chi connectivity index (χ0) is 31.6. The summed E-state index contributed by atoms with van der Waals surface area (Å²) in [6.45, 7) is 5.89. The molecule has 1 aromatic carbocycles. The number of methoxy groups -OCH3 is 1. The number of ether oxygens (including phenoxy) is 1. The number of nitrogens with one attached hydrogen (secondary N) is 2. The van der Waals surface area contributed by atoms with Gasteiger partial charge < -0.3 is 25.2 Å². The van der Waals surface area contributed by atoms with E-state index in [1.165, 1.54) is 58.0 Å². The number of benzene rings is 1. The number of hydrogen-bond acceptors (Lipinski definition) is 7. The summed E-state index contributed by atoms with van der Waals surface area (Å²) in [5.41, 5.74) is -0.358. The molecular formula is C33H44F3N7O2. The molecule has 2 aliphatic heterocycles. The third kappa shape index (κ3) is 7.44. The van der Waals surface area contributed by atoms with Crippen molar-refractivity contribution in [3.8, 4) is 5.75 Å². The molecular weight excluding hydrogens is 583 g/mol. The average Bonchev–Trinajstić information content (AvgIpc) is 3.47. The molecule has 0 unspecified atom stereocenters. The van der Waals surface area contributed by atoms with Crippen LogP contribution in [-0.2, 0) is 6.18 Å². The number of piperidine rings is 2. The molecule has 0 bridgehead atoms. The standard InChI is InChI=1S/C33H44F3N7O2/c1-41(24-12-16-42(17-13-24)25-10-14-37-15-11-25)20-22-6-8-26(9-7-22)43-21-23-18-29(30(45-2)19-28(23)40-43)39-32(44)27-4-3-5-31(38-27)33(34,35)36/h3-5,18-19,21-22,24-26,37H,6-17,20H2,1-2H3,(H,39,44)/t22-,26-. The predicted octanol–water partition coefficient (Wildman–Crippen LogP) is 5.59. The third-order valence-corrected chi connectivity index (χ3v) is 10.0. The number of carbonyl (C=O) groups is 1. The lowest BCUT2D eigenvalue weighted by atomic mass is 9.85. The molecule has 3 aromatic rings. The van der Waals surface area contributed by atoms with Crippen molar-refractivity contribution in [2.24, 2.45) is 5.92 Å². The van der Waals surface area contributed by atoms with E-state index in [0.29, 0.717) is 29.4 Å². The number of carbonyl (C=O) groups excluding carboxylic acids is 1. The van der Waals surface area contributed by atoms with Crippen LogP contribution < -0.4 is 15.4 Å². The maximum absolute atomic E-state index is 13.1. The highest BCUT2D eigenvalue weighted by Crippen LogP contribution is 2.36. The van der Waals surface area contributed by atoms with Gasteiger partial charge in [-0.1, -0.05) is 6.07 Å². The predicted molar refractivity (Wildman–Crippen MR) is 168 cm³/mol. The molecule has 244 valence electrons. The van der Waals surface area contributed by atoms with Gasteiger partial charge in [0.2, 0.25) is 0 Å². The lowest BCUT2D eigenvalue weighted by Gasteiger charge is -2.42. The van der Waals surface area contributed by atoms with Gasteiger partial charge in [-0.2, -0.15) is 18.3 Å². The maximum Gasteiger partial charge on any atom is 0.433 e. The molecule has 0 atom stereocenters. The maximum atomic E-state index is 13.1. The Hall–Kier alpha value is -3.22. The van der Waals surface area contributed by atoms with Gasteiger partial charge in [0.15, 0.2) is 0 Å². The highest BCUT2D eigenvalue weighted by molar-refractivity contribution is 6.05. The Morgan fingerprint density at radius 1 is 1.04 bits per heavy atom. The molecule has 9 nitrogen and oxygen atoms in total. The summed E-state index contributed by atoms with van der Waals surface area (Å²) in [4.78, 5) is 21.6. The van der Waals surface area contributed by atoms with Crippen molar-refractivity contribution in [1.29, 1.82) is 0 Å². The third-order valence-electron chi connectivity index (χ3n) is 10.0. The zero-order valence-corrected chi connectivity index (χ0v) is 26.2. The van der Waals surface area contributed by atoms with Crippen LogP contribution in [0.15, 0.2) is 36.5 Å². The van der Waals surface area contributed by atoms with Crippen molar-refractivity contribution >= 4 is 22.5 Å². The molecule has 1 aliphatic carbocycles. The van der Waals surface area contributed by atoms with E-state index in [0.717, 1.165) is 68.3 Å².